The third-order valence-electron chi connectivity index (χ3n) is 2.56. The fourth-order valence-electron chi connectivity index (χ4n) is 1.65. The Balaban J connectivity index is 2.48. The molecule has 2 nitrogen and oxygen atoms in total. The van der Waals surface area contributed by atoms with Crippen LogP contribution in [0.25, 0.3) is 0 Å². The van der Waals surface area contributed by atoms with Gasteiger partial charge in [0.05, 0.1) is 15.7 Å². The summed E-state index contributed by atoms with van der Waals surface area (Å²) >= 11 is 24.2. The van der Waals surface area contributed by atoms with E-state index in [4.69, 9.17) is 41.2 Å². The van der Waals surface area contributed by atoms with Gasteiger partial charge in [-0.2, -0.15) is 0 Å². The van der Waals surface area contributed by atoms with Crippen molar-refractivity contribution < 1.29 is 0 Å². The lowest BCUT2D eigenvalue weighted by Gasteiger charge is -2.14. The molecule has 0 aliphatic carbocycles. The monoisotopic (exact) mass is 452 g/mol. The van der Waals surface area contributed by atoms with Crippen LogP contribution in [0.2, 0.25) is 10.0 Å². The highest BCUT2D eigenvalue weighted by atomic mass is 79.9. The molecule has 0 unspecified atom stereocenters. The van der Waals surface area contributed by atoms with E-state index in [1.807, 2.05) is 30.3 Å². The molecular weight excluding hydrogens is 447 g/mol. The number of thiocarbonyl (C=S) groups is 1. The molecule has 0 bridgehead atoms. The number of nitrogens with two attached hydrogens (primary N) is 1. The van der Waals surface area contributed by atoms with E-state index in [9.17, 15) is 0 Å². The maximum atomic E-state index is 6.22. The van der Waals surface area contributed by atoms with Gasteiger partial charge in [-0.25, -0.2) is 0 Å². The number of benzene rings is 2. The molecule has 104 valence electrons. The van der Waals surface area contributed by atoms with E-state index in [0.29, 0.717) is 20.7 Å². The van der Waals surface area contributed by atoms with Gasteiger partial charge in [0.2, 0.25) is 0 Å². The maximum absolute atomic E-state index is 6.22. The Morgan fingerprint density at radius 1 is 1.00 bits per heavy atom. The number of anilines is 2. The van der Waals surface area contributed by atoms with Crippen LogP contribution < -0.4 is 11.1 Å². The number of nitrogens with one attached hydrogen (secondary N) is 1. The summed E-state index contributed by atoms with van der Waals surface area (Å²) in [6, 6.07) is 9.25. The van der Waals surface area contributed by atoms with Crippen LogP contribution in [0.15, 0.2) is 39.3 Å². The minimum Gasteiger partial charge on any atom is -0.389 e. The Bertz CT molecular complexity index is 692. The minimum atomic E-state index is 0.291. The summed E-state index contributed by atoms with van der Waals surface area (Å²) in [4.78, 5) is 0.291. The summed E-state index contributed by atoms with van der Waals surface area (Å²) < 4.78 is 1.55. The summed E-state index contributed by atoms with van der Waals surface area (Å²) in [5.74, 6) is 0. The molecule has 0 heterocycles. The number of hydrogen-bond donors (Lipinski definition) is 2. The van der Waals surface area contributed by atoms with Crippen LogP contribution in [0, 0.1) is 0 Å². The van der Waals surface area contributed by atoms with E-state index in [-0.39, 0.29) is 0 Å². The van der Waals surface area contributed by atoms with Gasteiger partial charge in [0, 0.05) is 20.2 Å². The summed E-state index contributed by atoms with van der Waals surface area (Å²) in [6.45, 7) is 0. The first-order chi connectivity index (χ1) is 9.41. The van der Waals surface area contributed by atoms with Gasteiger partial charge in [-0.1, -0.05) is 41.5 Å². The molecule has 0 saturated carbocycles. The summed E-state index contributed by atoms with van der Waals surface area (Å²) in [5.41, 5.74) is 7.91. The highest BCUT2D eigenvalue weighted by Gasteiger charge is 2.13. The van der Waals surface area contributed by atoms with Crippen molar-refractivity contribution in [2.24, 2.45) is 5.73 Å². The molecule has 7 heteroatoms. The first kappa shape index (κ1) is 16.0. The van der Waals surface area contributed by atoms with E-state index in [0.717, 1.165) is 20.2 Å². The lowest BCUT2D eigenvalue weighted by atomic mass is 10.1. The molecule has 3 N–H and O–H groups in total. The molecule has 0 aromatic heterocycles. The molecule has 0 fully saturated rings. The molecule has 0 spiro atoms. The second-order valence-corrected chi connectivity index (χ2v) is 6.78. The van der Waals surface area contributed by atoms with Crippen LogP contribution in [0.5, 0.6) is 0 Å². The summed E-state index contributed by atoms with van der Waals surface area (Å²) in [7, 11) is 0. The van der Waals surface area contributed by atoms with Gasteiger partial charge >= 0.3 is 0 Å². The highest BCUT2D eigenvalue weighted by molar-refractivity contribution is 9.10. The van der Waals surface area contributed by atoms with Crippen LogP contribution in [-0.4, -0.2) is 4.99 Å². The maximum Gasteiger partial charge on any atom is 0.107 e. The van der Waals surface area contributed by atoms with Crippen molar-refractivity contribution in [2.75, 3.05) is 5.32 Å². The van der Waals surface area contributed by atoms with E-state index in [1.165, 1.54) is 0 Å². The summed E-state index contributed by atoms with van der Waals surface area (Å²) in [5, 5.41) is 4.07. The summed E-state index contributed by atoms with van der Waals surface area (Å²) in [6.07, 6.45) is 0. The Labute approximate surface area is 148 Å². The van der Waals surface area contributed by atoms with Crippen molar-refractivity contribution in [3.63, 3.8) is 0 Å². The van der Waals surface area contributed by atoms with Gasteiger partial charge in [-0.3, -0.25) is 0 Å². The van der Waals surface area contributed by atoms with Crippen molar-refractivity contribution in [3.05, 3.63) is 54.9 Å². The molecule has 0 amide bonds. The van der Waals surface area contributed by atoms with Gasteiger partial charge in [-0.15, -0.1) is 0 Å². The van der Waals surface area contributed by atoms with Crippen molar-refractivity contribution in [1.82, 2.24) is 0 Å². The Kier molecular flexibility index (Phi) is 5.31. The average Bonchev–Trinajstić information content (AvgIpc) is 2.39. The fraction of sp³-hybridized carbons (Fsp3) is 0. The molecule has 0 aliphatic rings. The number of halogens is 4. The van der Waals surface area contributed by atoms with E-state index < -0.39 is 0 Å². The molecule has 0 aliphatic heterocycles. The molecular formula is C13H8Br2Cl2N2S. The van der Waals surface area contributed by atoms with Crippen molar-refractivity contribution >= 4 is 83.6 Å². The molecule has 2 aromatic rings. The smallest absolute Gasteiger partial charge is 0.107 e. The predicted octanol–water partition coefficient (Wildman–Crippen LogP) is 5.90. The Hall–Kier alpha value is -0.330. The van der Waals surface area contributed by atoms with Crippen LogP contribution in [0.3, 0.4) is 0 Å². The van der Waals surface area contributed by atoms with Crippen LogP contribution in [0.1, 0.15) is 5.56 Å². The second-order valence-electron chi connectivity index (χ2n) is 3.87. The topological polar surface area (TPSA) is 38.0 Å². The third kappa shape index (κ3) is 3.28. The largest absolute Gasteiger partial charge is 0.389 e. The standard InChI is InChI=1S/C13H8Br2Cl2N2S/c14-6-2-1-3-8(10(6)13(18)20)19-9-5-4-7(15)11(16)12(9)17/h1-5,19H,(H2,18,20). The SMILES string of the molecule is NC(=S)c1c(Br)cccc1Nc1ccc(Br)c(Cl)c1Cl. The molecule has 2 rings (SSSR count). The highest BCUT2D eigenvalue weighted by Crippen LogP contribution is 2.38. The lowest BCUT2D eigenvalue weighted by molar-refractivity contribution is 1.49. The van der Waals surface area contributed by atoms with Crippen LogP contribution in [-0.2, 0) is 0 Å². The van der Waals surface area contributed by atoms with E-state index in [1.54, 1.807) is 0 Å². The quantitative estimate of drug-likeness (QED) is 0.448. The Morgan fingerprint density at radius 2 is 1.70 bits per heavy atom. The van der Waals surface area contributed by atoms with E-state index in [2.05, 4.69) is 37.2 Å². The first-order valence-electron chi connectivity index (χ1n) is 5.40. The molecule has 0 atom stereocenters. The first-order valence-corrected chi connectivity index (χ1v) is 8.15. The van der Waals surface area contributed by atoms with Gasteiger partial charge in [0.15, 0.2) is 0 Å². The third-order valence-corrected chi connectivity index (χ3v) is 5.20. The lowest BCUT2D eigenvalue weighted by Crippen LogP contribution is -2.12. The second kappa shape index (κ2) is 6.62. The van der Waals surface area contributed by atoms with Gasteiger partial charge in [-0.05, 0) is 56.1 Å². The van der Waals surface area contributed by atoms with Gasteiger partial charge in [0.1, 0.15) is 4.99 Å². The number of rotatable bonds is 3. The fourth-order valence-corrected chi connectivity index (χ4v) is 3.40. The molecule has 0 saturated heterocycles. The zero-order valence-corrected chi connectivity index (χ0v) is 15.4. The van der Waals surface area contributed by atoms with Crippen molar-refractivity contribution in [3.8, 4) is 0 Å². The van der Waals surface area contributed by atoms with Crippen LogP contribution >= 0.6 is 67.3 Å². The molecule has 2 aromatic carbocycles. The van der Waals surface area contributed by atoms with Crippen molar-refractivity contribution in [2.45, 2.75) is 0 Å². The predicted molar refractivity (Wildman–Crippen MR) is 97.5 cm³/mol. The number of hydrogen-bond acceptors (Lipinski definition) is 2. The average molecular weight is 455 g/mol. The molecule has 0 radical (unpaired) electrons. The van der Waals surface area contributed by atoms with E-state index >= 15 is 0 Å². The minimum absolute atomic E-state index is 0.291. The Morgan fingerprint density at radius 3 is 2.35 bits per heavy atom. The zero-order chi connectivity index (χ0) is 14.9. The zero-order valence-electron chi connectivity index (χ0n) is 9.88. The normalized spacial score (nSPS) is 10.4. The van der Waals surface area contributed by atoms with Crippen molar-refractivity contribution in [1.29, 1.82) is 0 Å². The molecule has 20 heavy (non-hydrogen) atoms. The van der Waals surface area contributed by atoms with Gasteiger partial charge < -0.3 is 11.1 Å². The van der Waals surface area contributed by atoms with Gasteiger partial charge in [0.25, 0.3) is 0 Å². The van der Waals surface area contributed by atoms with Crippen LogP contribution in [0.4, 0.5) is 11.4 Å².